The predicted molar refractivity (Wildman–Crippen MR) is 69.0 cm³/mol. The number of nitrogens with zero attached hydrogens (tertiary/aromatic N) is 1. The highest BCUT2D eigenvalue weighted by atomic mass is 16.5. The van der Waals surface area contributed by atoms with Crippen LogP contribution in [0, 0.1) is 6.92 Å². The van der Waals surface area contributed by atoms with Gasteiger partial charge in [-0.25, -0.2) is 0 Å². The van der Waals surface area contributed by atoms with Crippen LogP contribution in [0.2, 0.25) is 0 Å². The first-order valence-corrected chi connectivity index (χ1v) is 5.64. The Kier molecular flexibility index (Phi) is 3.60. The van der Waals surface area contributed by atoms with E-state index in [0.717, 1.165) is 23.6 Å². The Hall–Kier alpha value is -2.03. The molecule has 0 spiro atoms. The average Bonchev–Trinajstić information content (AvgIpc) is 2.34. The number of aryl methyl sites for hydroxylation is 1. The van der Waals surface area contributed by atoms with E-state index >= 15 is 0 Å². The van der Waals surface area contributed by atoms with Crippen molar-refractivity contribution in [1.29, 1.82) is 0 Å². The van der Waals surface area contributed by atoms with Crippen molar-refractivity contribution < 1.29 is 4.74 Å². The lowest BCUT2D eigenvalue weighted by Crippen LogP contribution is -2.02. The highest BCUT2D eigenvalue weighted by Crippen LogP contribution is 2.13. The highest BCUT2D eigenvalue weighted by molar-refractivity contribution is 5.41. The number of aromatic nitrogens is 1. The summed E-state index contributed by atoms with van der Waals surface area (Å²) in [6.07, 6.45) is 2.68. The van der Waals surface area contributed by atoms with Gasteiger partial charge in [-0.15, -0.1) is 0 Å². The number of benzene rings is 1. The van der Waals surface area contributed by atoms with Gasteiger partial charge in [-0.1, -0.05) is 6.07 Å². The number of ether oxygens (including phenoxy) is 1. The largest absolute Gasteiger partial charge is 0.493 e. The first-order valence-electron chi connectivity index (χ1n) is 5.64. The van der Waals surface area contributed by atoms with E-state index in [2.05, 4.69) is 11.1 Å². The maximum Gasteiger partial charge on any atom is 0.119 e. The lowest BCUT2D eigenvalue weighted by atomic mass is 10.2. The molecule has 2 aromatic rings. The zero-order chi connectivity index (χ0) is 12.1. The van der Waals surface area contributed by atoms with Gasteiger partial charge >= 0.3 is 0 Å². The Balaban J connectivity index is 1.83. The fourth-order valence-electron chi connectivity index (χ4n) is 1.48. The second kappa shape index (κ2) is 5.34. The third-order valence-electron chi connectivity index (χ3n) is 2.48. The zero-order valence-corrected chi connectivity index (χ0v) is 9.89. The second-order valence-corrected chi connectivity index (χ2v) is 3.99. The maximum atomic E-state index is 5.60. The van der Waals surface area contributed by atoms with E-state index in [1.807, 2.05) is 43.5 Å². The lowest BCUT2D eigenvalue weighted by molar-refractivity contribution is 0.320. The lowest BCUT2D eigenvalue weighted by Gasteiger charge is -2.06. The average molecular weight is 228 g/mol. The first kappa shape index (κ1) is 11.5. The smallest absolute Gasteiger partial charge is 0.119 e. The van der Waals surface area contributed by atoms with Crippen LogP contribution in [0.5, 0.6) is 5.75 Å². The third kappa shape index (κ3) is 3.48. The minimum atomic E-state index is 0.625. The molecule has 0 atom stereocenters. The van der Waals surface area contributed by atoms with Crippen LogP contribution >= 0.6 is 0 Å². The van der Waals surface area contributed by atoms with Gasteiger partial charge in [-0.3, -0.25) is 4.98 Å². The SMILES string of the molecule is Cc1ccc(CCOc2ccc(N)cc2)nc1. The monoisotopic (exact) mass is 228 g/mol. The minimum absolute atomic E-state index is 0.625. The van der Waals surface area contributed by atoms with Crippen molar-refractivity contribution in [3.8, 4) is 5.75 Å². The Morgan fingerprint density at radius 3 is 2.53 bits per heavy atom. The van der Waals surface area contributed by atoms with E-state index in [4.69, 9.17) is 10.5 Å². The molecule has 0 saturated carbocycles. The van der Waals surface area contributed by atoms with E-state index in [1.165, 1.54) is 5.56 Å². The van der Waals surface area contributed by atoms with Gasteiger partial charge in [0.05, 0.1) is 6.61 Å². The molecule has 3 heteroatoms. The molecule has 0 bridgehead atoms. The van der Waals surface area contributed by atoms with E-state index in [1.54, 1.807) is 0 Å². The summed E-state index contributed by atoms with van der Waals surface area (Å²) in [6, 6.07) is 11.5. The topological polar surface area (TPSA) is 48.1 Å². The third-order valence-corrected chi connectivity index (χ3v) is 2.48. The van der Waals surface area contributed by atoms with Crippen LogP contribution in [0.1, 0.15) is 11.3 Å². The summed E-state index contributed by atoms with van der Waals surface area (Å²) in [5.41, 5.74) is 8.56. The number of hydrogen-bond acceptors (Lipinski definition) is 3. The summed E-state index contributed by atoms with van der Waals surface area (Å²) in [5.74, 6) is 0.839. The van der Waals surface area contributed by atoms with E-state index < -0.39 is 0 Å². The van der Waals surface area contributed by atoms with Gasteiger partial charge in [0, 0.05) is 24.0 Å². The van der Waals surface area contributed by atoms with Crippen LogP contribution in [0.3, 0.4) is 0 Å². The summed E-state index contributed by atoms with van der Waals surface area (Å²) in [6.45, 7) is 2.65. The van der Waals surface area contributed by atoms with Crippen LogP contribution in [0.25, 0.3) is 0 Å². The molecule has 0 radical (unpaired) electrons. The Morgan fingerprint density at radius 1 is 1.12 bits per heavy atom. The molecule has 0 amide bonds. The van der Waals surface area contributed by atoms with Crippen molar-refractivity contribution in [3.05, 3.63) is 53.9 Å². The summed E-state index contributed by atoms with van der Waals surface area (Å²) >= 11 is 0. The van der Waals surface area contributed by atoms with Crippen molar-refractivity contribution in [2.24, 2.45) is 0 Å². The van der Waals surface area contributed by atoms with Crippen LogP contribution in [0.4, 0.5) is 5.69 Å². The molecular weight excluding hydrogens is 212 g/mol. The quantitative estimate of drug-likeness (QED) is 0.818. The molecule has 2 N–H and O–H groups in total. The molecule has 17 heavy (non-hydrogen) atoms. The number of pyridine rings is 1. The highest BCUT2D eigenvalue weighted by Gasteiger charge is 1.96. The van der Waals surface area contributed by atoms with Crippen molar-refractivity contribution in [3.63, 3.8) is 0 Å². The van der Waals surface area contributed by atoms with Crippen molar-refractivity contribution in [2.45, 2.75) is 13.3 Å². The fraction of sp³-hybridized carbons (Fsp3) is 0.214. The summed E-state index contributed by atoms with van der Waals surface area (Å²) < 4.78 is 5.60. The van der Waals surface area contributed by atoms with Gasteiger partial charge in [0.15, 0.2) is 0 Å². The number of nitrogen functional groups attached to an aromatic ring is 1. The summed E-state index contributed by atoms with van der Waals surface area (Å²) in [5, 5.41) is 0. The molecule has 0 unspecified atom stereocenters. The Bertz CT molecular complexity index is 417. The molecule has 1 aromatic heterocycles. The molecular formula is C14H16N2O. The number of rotatable bonds is 4. The van der Waals surface area contributed by atoms with Crippen LogP contribution in [0.15, 0.2) is 42.6 Å². The van der Waals surface area contributed by atoms with E-state index in [9.17, 15) is 0 Å². The van der Waals surface area contributed by atoms with Gasteiger partial charge in [-0.05, 0) is 42.8 Å². The number of nitrogens with two attached hydrogens (primary N) is 1. The minimum Gasteiger partial charge on any atom is -0.493 e. The van der Waals surface area contributed by atoms with Gasteiger partial charge in [0.25, 0.3) is 0 Å². The van der Waals surface area contributed by atoms with Crippen molar-refractivity contribution >= 4 is 5.69 Å². The molecule has 0 aliphatic heterocycles. The first-order chi connectivity index (χ1) is 8.24. The van der Waals surface area contributed by atoms with Gasteiger partial charge in [-0.2, -0.15) is 0 Å². The van der Waals surface area contributed by atoms with Crippen molar-refractivity contribution in [2.75, 3.05) is 12.3 Å². The van der Waals surface area contributed by atoms with E-state index in [0.29, 0.717) is 6.61 Å². The van der Waals surface area contributed by atoms with Crippen LogP contribution < -0.4 is 10.5 Å². The molecule has 1 aromatic carbocycles. The number of hydrogen-bond donors (Lipinski definition) is 1. The normalized spacial score (nSPS) is 10.2. The summed E-state index contributed by atoms with van der Waals surface area (Å²) in [7, 11) is 0. The van der Waals surface area contributed by atoms with Crippen LogP contribution in [-0.4, -0.2) is 11.6 Å². The molecule has 0 aliphatic rings. The second-order valence-electron chi connectivity index (χ2n) is 3.99. The molecule has 1 heterocycles. The molecule has 3 nitrogen and oxygen atoms in total. The maximum absolute atomic E-state index is 5.60. The van der Waals surface area contributed by atoms with Gasteiger partial charge < -0.3 is 10.5 Å². The summed E-state index contributed by atoms with van der Waals surface area (Å²) in [4.78, 5) is 4.32. The fourth-order valence-corrected chi connectivity index (χ4v) is 1.48. The Labute approximate surface area is 101 Å². The van der Waals surface area contributed by atoms with Crippen molar-refractivity contribution in [1.82, 2.24) is 4.98 Å². The molecule has 88 valence electrons. The molecule has 0 aliphatic carbocycles. The standard InChI is InChI=1S/C14H16N2O/c1-11-2-5-13(16-10-11)8-9-17-14-6-3-12(15)4-7-14/h2-7,10H,8-9,15H2,1H3. The Morgan fingerprint density at radius 2 is 1.88 bits per heavy atom. The molecule has 0 saturated heterocycles. The number of anilines is 1. The van der Waals surface area contributed by atoms with Crippen LogP contribution in [-0.2, 0) is 6.42 Å². The zero-order valence-electron chi connectivity index (χ0n) is 9.89. The molecule has 2 rings (SSSR count). The van der Waals surface area contributed by atoms with Gasteiger partial charge in [0.1, 0.15) is 5.75 Å². The predicted octanol–water partition coefficient (Wildman–Crippen LogP) is 2.59. The van der Waals surface area contributed by atoms with Gasteiger partial charge in [0.2, 0.25) is 0 Å². The van der Waals surface area contributed by atoms with E-state index in [-0.39, 0.29) is 0 Å². The molecule has 0 fully saturated rings.